The lowest BCUT2D eigenvalue weighted by Crippen LogP contribution is -2.44. The highest BCUT2D eigenvalue weighted by Gasteiger charge is 2.39. The van der Waals surface area contributed by atoms with Crippen LogP contribution in [-0.4, -0.2) is 59.0 Å². The molecule has 2 heterocycles. The first-order chi connectivity index (χ1) is 13.5. The zero-order valence-corrected chi connectivity index (χ0v) is 17.3. The number of nitrogens with zero attached hydrogens (tertiary/aromatic N) is 3. The maximum absolute atomic E-state index is 12.8. The number of nitrogens with one attached hydrogen (secondary N) is 1. The summed E-state index contributed by atoms with van der Waals surface area (Å²) in [6.07, 6.45) is 3.24. The van der Waals surface area contributed by atoms with E-state index in [0.29, 0.717) is 30.7 Å². The SMILES string of the molecule is CCN(CC)C(=O)Nn1c(C(C)=O)c2c3c(cccc31)[C@H]1CCCN(C)[C@@H]1C2. The quantitative estimate of drug-likeness (QED) is 0.823. The third kappa shape index (κ3) is 2.82. The number of urea groups is 1. The normalized spacial score (nSPS) is 21.4. The van der Waals surface area contributed by atoms with E-state index in [1.54, 1.807) is 16.5 Å². The van der Waals surface area contributed by atoms with Gasteiger partial charge in [0.2, 0.25) is 0 Å². The van der Waals surface area contributed by atoms with Crippen molar-refractivity contribution in [2.45, 2.75) is 52.0 Å². The van der Waals surface area contributed by atoms with Gasteiger partial charge in [0.1, 0.15) is 5.69 Å². The Hall–Kier alpha value is -2.34. The molecule has 1 fully saturated rings. The molecule has 2 aliphatic rings. The number of ketones is 1. The van der Waals surface area contributed by atoms with Crippen LogP contribution in [0.15, 0.2) is 18.2 Å². The summed E-state index contributed by atoms with van der Waals surface area (Å²) in [4.78, 5) is 29.6. The van der Waals surface area contributed by atoms with Gasteiger partial charge >= 0.3 is 6.03 Å². The molecule has 0 spiro atoms. The molecule has 1 saturated heterocycles. The van der Waals surface area contributed by atoms with E-state index in [1.165, 1.54) is 23.8 Å². The molecule has 2 aromatic rings. The van der Waals surface area contributed by atoms with Crippen LogP contribution in [0.5, 0.6) is 0 Å². The molecule has 150 valence electrons. The minimum absolute atomic E-state index is 0.00564. The van der Waals surface area contributed by atoms with Crippen LogP contribution in [0.3, 0.4) is 0 Å². The van der Waals surface area contributed by atoms with Gasteiger partial charge in [-0.15, -0.1) is 0 Å². The molecule has 2 amide bonds. The van der Waals surface area contributed by atoms with Crippen LogP contribution in [0.25, 0.3) is 10.9 Å². The number of piperidine rings is 1. The molecule has 1 N–H and O–H groups in total. The number of rotatable bonds is 4. The van der Waals surface area contributed by atoms with Gasteiger partial charge in [-0.05, 0) is 63.9 Å². The number of fused-ring (bicyclic) bond motifs is 2. The van der Waals surface area contributed by atoms with Gasteiger partial charge in [0.05, 0.1) is 5.52 Å². The fourth-order valence-corrected chi connectivity index (χ4v) is 5.21. The molecule has 2 atom stereocenters. The Morgan fingerprint density at radius 2 is 2.00 bits per heavy atom. The molecule has 1 aliphatic carbocycles. The van der Waals surface area contributed by atoms with Crippen molar-refractivity contribution in [2.75, 3.05) is 32.1 Å². The van der Waals surface area contributed by atoms with Crippen molar-refractivity contribution in [1.29, 1.82) is 0 Å². The summed E-state index contributed by atoms with van der Waals surface area (Å²) in [5.74, 6) is 0.484. The Bertz CT molecular complexity index is 928. The lowest BCUT2D eigenvalue weighted by Gasteiger charge is -2.42. The molecule has 6 heteroatoms. The average molecular weight is 383 g/mol. The highest BCUT2D eigenvalue weighted by atomic mass is 16.2. The lowest BCUT2D eigenvalue weighted by atomic mass is 9.74. The van der Waals surface area contributed by atoms with Gasteiger partial charge in [0.15, 0.2) is 5.78 Å². The summed E-state index contributed by atoms with van der Waals surface area (Å²) >= 11 is 0. The molecule has 6 nitrogen and oxygen atoms in total. The molecule has 28 heavy (non-hydrogen) atoms. The first-order valence-electron chi connectivity index (χ1n) is 10.4. The van der Waals surface area contributed by atoms with Gasteiger partial charge in [-0.2, -0.15) is 0 Å². The summed E-state index contributed by atoms with van der Waals surface area (Å²) < 4.78 is 1.74. The fourth-order valence-electron chi connectivity index (χ4n) is 5.21. The van der Waals surface area contributed by atoms with Gasteiger partial charge in [-0.25, -0.2) is 14.9 Å². The molecular weight excluding hydrogens is 352 g/mol. The van der Waals surface area contributed by atoms with Crippen LogP contribution < -0.4 is 5.43 Å². The van der Waals surface area contributed by atoms with E-state index in [1.807, 2.05) is 19.9 Å². The molecule has 0 bridgehead atoms. The predicted molar refractivity (Wildman–Crippen MR) is 112 cm³/mol. The summed E-state index contributed by atoms with van der Waals surface area (Å²) in [6, 6.07) is 6.53. The van der Waals surface area contributed by atoms with Gasteiger partial charge in [0, 0.05) is 37.4 Å². The fraction of sp³-hybridized carbons (Fsp3) is 0.545. The highest BCUT2D eigenvalue weighted by Crippen LogP contribution is 2.44. The number of Topliss-reactive ketones (excluding diaryl/α,β-unsaturated/α-hetero) is 1. The van der Waals surface area contributed by atoms with E-state index in [-0.39, 0.29) is 11.8 Å². The summed E-state index contributed by atoms with van der Waals surface area (Å²) in [5, 5.41) is 1.17. The number of amides is 2. The van der Waals surface area contributed by atoms with Crippen LogP contribution >= 0.6 is 0 Å². The van der Waals surface area contributed by atoms with Crippen molar-refractivity contribution in [3.63, 3.8) is 0 Å². The average Bonchev–Trinajstić information content (AvgIpc) is 2.98. The Morgan fingerprint density at radius 3 is 2.68 bits per heavy atom. The monoisotopic (exact) mass is 382 g/mol. The minimum Gasteiger partial charge on any atom is -0.324 e. The van der Waals surface area contributed by atoms with E-state index >= 15 is 0 Å². The Labute approximate surface area is 166 Å². The molecular formula is C22H30N4O2. The summed E-state index contributed by atoms with van der Waals surface area (Å²) in [6.45, 7) is 7.87. The minimum atomic E-state index is -0.171. The first kappa shape index (κ1) is 19.0. The van der Waals surface area contributed by atoms with Crippen molar-refractivity contribution in [3.05, 3.63) is 35.0 Å². The van der Waals surface area contributed by atoms with Crippen molar-refractivity contribution in [3.8, 4) is 0 Å². The number of carbonyl (C=O) groups is 2. The molecule has 0 radical (unpaired) electrons. The van der Waals surface area contributed by atoms with Gasteiger partial charge < -0.3 is 9.80 Å². The highest BCUT2D eigenvalue weighted by molar-refractivity contribution is 6.04. The number of aromatic nitrogens is 1. The molecule has 1 aliphatic heterocycles. The summed E-state index contributed by atoms with van der Waals surface area (Å²) in [5.41, 5.74) is 6.99. The topological polar surface area (TPSA) is 57.6 Å². The van der Waals surface area contributed by atoms with Crippen molar-refractivity contribution < 1.29 is 9.59 Å². The first-order valence-corrected chi connectivity index (χ1v) is 10.4. The Balaban J connectivity index is 1.89. The lowest BCUT2D eigenvalue weighted by molar-refractivity contribution is 0.100. The van der Waals surface area contributed by atoms with E-state index in [9.17, 15) is 9.59 Å². The van der Waals surface area contributed by atoms with Crippen LogP contribution in [0.4, 0.5) is 4.79 Å². The maximum Gasteiger partial charge on any atom is 0.336 e. The second kappa shape index (κ2) is 7.24. The van der Waals surface area contributed by atoms with Gasteiger partial charge in [-0.1, -0.05) is 12.1 Å². The zero-order chi connectivity index (χ0) is 20.0. The number of likely N-dealkylation sites (tertiary alicyclic amines) is 1. The molecule has 0 unspecified atom stereocenters. The second-order valence-corrected chi connectivity index (χ2v) is 8.05. The van der Waals surface area contributed by atoms with E-state index in [2.05, 4.69) is 29.5 Å². The van der Waals surface area contributed by atoms with Gasteiger partial charge in [0.25, 0.3) is 0 Å². The molecule has 4 rings (SSSR count). The number of hydrogen-bond donors (Lipinski definition) is 1. The number of carbonyl (C=O) groups excluding carboxylic acids is 2. The van der Waals surface area contributed by atoms with Crippen molar-refractivity contribution >= 4 is 22.7 Å². The predicted octanol–water partition coefficient (Wildman–Crippen LogP) is 3.58. The summed E-state index contributed by atoms with van der Waals surface area (Å²) in [7, 11) is 2.19. The molecule has 0 saturated carbocycles. The number of likely N-dealkylation sites (N-methyl/N-ethyl adjacent to an activating group) is 1. The number of hydrogen-bond acceptors (Lipinski definition) is 3. The third-order valence-electron chi connectivity index (χ3n) is 6.59. The van der Waals surface area contributed by atoms with Crippen LogP contribution in [-0.2, 0) is 6.42 Å². The van der Waals surface area contributed by atoms with Crippen LogP contribution in [0.2, 0.25) is 0 Å². The maximum atomic E-state index is 12.8. The Kier molecular flexibility index (Phi) is 4.91. The van der Waals surface area contributed by atoms with Gasteiger partial charge in [-0.3, -0.25) is 4.79 Å². The molecule has 1 aromatic carbocycles. The van der Waals surface area contributed by atoms with Crippen molar-refractivity contribution in [2.24, 2.45) is 0 Å². The van der Waals surface area contributed by atoms with Crippen LogP contribution in [0.1, 0.15) is 61.1 Å². The standard InChI is InChI=1S/C22H30N4O2/c1-5-25(6-2)22(28)23-26-18-11-7-9-16-15-10-8-12-24(4)19(15)13-17(20(16)18)21(26)14(3)27/h7,9,11,15,19H,5-6,8,10,12-13H2,1-4H3,(H,23,28)/t15-,19-/m1/s1. The largest absolute Gasteiger partial charge is 0.336 e. The zero-order valence-electron chi connectivity index (χ0n) is 17.3. The third-order valence-corrected chi connectivity index (χ3v) is 6.59. The van der Waals surface area contributed by atoms with E-state index in [4.69, 9.17) is 0 Å². The second-order valence-electron chi connectivity index (χ2n) is 8.05. The van der Waals surface area contributed by atoms with E-state index in [0.717, 1.165) is 24.0 Å². The Morgan fingerprint density at radius 1 is 1.25 bits per heavy atom. The number of benzene rings is 1. The van der Waals surface area contributed by atoms with Crippen LogP contribution in [0, 0.1) is 0 Å². The molecule has 1 aromatic heterocycles. The van der Waals surface area contributed by atoms with Crippen molar-refractivity contribution in [1.82, 2.24) is 14.5 Å². The smallest absolute Gasteiger partial charge is 0.324 e. The van der Waals surface area contributed by atoms with E-state index < -0.39 is 0 Å².